The summed E-state index contributed by atoms with van der Waals surface area (Å²) in [5.74, 6) is 0.366. The number of thioether (sulfide) groups is 1. The molecule has 4 rings (SSSR count). The first kappa shape index (κ1) is 25.6. The van der Waals surface area contributed by atoms with Crippen LogP contribution in [-0.2, 0) is 17.9 Å². The maximum atomic E-state index is 12.9. The molecule has 1 heterocycles. The van der Waals surface area contributed by atoms with Crippen molar-refractivity contribution in [3.05, 3.63) is 102 Å². The molecule has 0 spiro atoms. The van der Waals surface area contributed by atoms with E-state index in [2.05, 4.69) is 0 Å². The monoisotopic (exact) mass is 544 g/mol. The summed E-state index contributed by atoms with van der Waals surface area (Å²) in [5.41, 5.74) is 1.72. The molecule has 0 bridgehead atoms. The molecule has 3 aromatic rings. The van der Waals surface area contributed by atoms with Crippen LogP contribution in [0.1, 0.15) is 16.7 Å². The molecule has 0 radical (unpaired) electrons. The third-order valence-corrected chi connectivity index (χ3v) is 6.87. The van der Waals surface area contributed by atoms with Crippen molar-refractivity contribution in [2.45, 2.75) is 13.2 Å². The van der Waals surface area contributed by atoms with Crippen LogP contribution in [0.3, 0.4) is 0 Å². The number of nitro groups is 1. The van der Waals surface area contributed by atoms with E-state index in [1.165, 1.54) is 19.2 Å². The molecule has 3 aromatic carbocycles. The lowest BCUT2D eigenvalue weighted by atomic mass is 10.1. The van der Waals surface area contributed by atoms with Crippen LogP contribution in [-0.4, -0.2) is 28.1 Å². The lowest BCUT2D eigenvalue weighted by Gasteiger charge is -2.14. The van der Waals surface area contributed by atoms with Crippen LogP contribution in [0.5, 0.6) is 11.5 Å². The van der Waals surface area contributed by atoms with Gasteiger partial charge in [-0.2, -0.15) is 0 Å². The Labute approximate surface area is 220 Å². The molecule has 11 heteroatoms. The van der Waals surface area contributed by atoms with Crippen LogP contribution in [0.15, 0.2) is 65.6 Å². The van der Waals surface area contributed by atoms with Crippen LogP contribution in [0.4, 0.5) is 10.5 Å². The van der Waals surface area contributed by atoms with Gasteiger partial charge in [0.1, 0.15) is 6.61 Å². The Morgan fingerprint density at radius 1 is 1.03 bits per heavy atom. The fourth-order valence-corrected chi connectivity index (χ4v) is 4.80. The van der Waals surface area contributed by atoms with Gasteiger partial charge in [-0.15, -0.1) is 0 Å². The van der Waals surface area contributed by atoms with Crippen molar-refractivity contribution < 1.29 is 24.0 Å². The molecule has 8 nitrogen and oxygen atoms in total. The van der Waals surface area contributed by atoms with Crippen LogP contribution >= 0.6 is 35.0 Å². The summed E-state index contributed by atoms with van der Waals surface area (Å²) in [6, 6.07) is 16.2. The third-order valence-electron chi connectivity index (χ3n) is 5.25. The van der Waals surface area contributed by atoms with Crippen molar-refractivity contribution >= 4 is 57.9 Å². The number of nitro benzene ring substituents is 1. The molecular formula is C25H18Cl2N2O6S. The van der Waals surface area contributed by atoms with Gasteiger partial charge in [-0.25, -0.2) is 0 Å². The summed E-state index contributed by atoms with van der Waals surface area (Å²) < 4.78 is 11.2. The molecule has 0 N–H and O–H groups in total. The predicted octanol–water partition coefficient (Wildman–Crippen LogP) is 6.73. The maximum Gasteiger partial charge on any atom is 0.293 e. The van der Waals surface area contributed by atoms with Gasteiger partial charge in [-0.1, -0.05) is 47.5 Å². The number of benzene rings is 3. The fraction of sp³-hybridized carbons (Fsp3) is 0.120. The van der Waals surface area contributed by atoms with Crippen molar-refractivity contribution in [2.24, 2.45) is 0 Å². The molecule has 1 aliphatic heterocycles. The maximum absolute atomic E-state index is 12.9. The van der Waals surface area contributed by atoms with Crippen molar-refractivity contribution in [2.75, 3.05) is 7.11 Å². The molecule has 2 amide bonds. The van der Waals surface area contributed by atoms with E-state index in [1.807, 2.05) is 0 Å². The highest BCUT2D eigenvalue weighted by Crippen LogP contribution is 2.37. The number of methoxy groups -OCH3 is 1. The minimum absolute atomic E-state index is 0.0239. The number of halogens is 2. The first-order valence-electron chi connectivity index (χ1n) is 10.5. The Balaban J connectivity index is 1.50. The molecule has 0 aliphatic carbocycles. The quantitative estimate of drug-likeness (QED) is 0.176. The van der Waals surface area contributed by atoms with E-state index in [1.54, 1.807) is 54.6 Å². The number of carbonyl (C=O) groups excluding carboxylic acids is 2. The topological polar surface area (TPSA) is 99.0 Å². The second-order valence-corrected chi connectivity index (χ2v) is 9.40. The third kappa shape index (κ3) is 5.64. The zero-order chi connectivity index (χ0) is 25.8. The summed E-state index contributed by atoms with van der Waals surface area (Å²) in [6.07, 6.45) is 1.59. The second kappa shape index (κ2) is 11.0. The Kier molecular flexibility index (Phi) is 7.83. The van der Waals surface area contributed by atoms with Gasteiger partial charge in [-0.05, 0) is 53.2 Å². The highest BCUT2D eigenvalue weighted by molar-refractivity contribution is 8.18. The molecule has 36 heavy (non-hydrogen) atoms. The Morgan fingerprint density at radius 3 is 2.44 bits per heavy atom. The van der Waals surface area contributed by atoms with E-state index in [0.29, 0.717) is 38.2 Å². The van der Waals surface area contributed by atoms with E-state index < -0.39 is 16.1 Å². The van der Waals surface area contributed by atoms with E-state index in [-0.39, 0.29) is 23.7 Å². The molecule has 0 unspecified atom stereocenters. The number of rotatable bonds is 8. The summed E-state index contributed by atoms with van der Waals surface area (Å²) in [6.45, 7) is 0.0646. The van der Waals surface area contributed by atoms with Gasteiger partial charge in [0.15, 0.2) is 11.5 Å². The number of nitrogens with zero attached hydrogens (tertiary/aromatic N) is 2. The Morgan fingerprint density at radius 2 is 1.75 bits per heavy atom. The van der Waals surface area contributed by atoms with Gasteiger partial charge in [0, 0.05) is 27.7 Å². The van der Waals surface area contributed by atoms with E-state index in [9.17, 15) is 19.7 Å². The number of hydrogen-bond donors (Lipinski definition) is 0. The molecule has 1 fully saturated rings. The van der Waals surface area contributed by atoms with Crippen LogP contribution in [0, 0.1) is 10.1 Å². The smallest absolute Gasteiger partial charge is 0.293 e. The highest BCUT2D eigenvalue weighted by atomic mass is 35.5. The minimum atomic E-state index is -0.469. The largest absolute Gasteiger partial charge is 0.493 e. The van der Waals surface area contributed by atoms with Crippen molar-refractivity contribution in [1.82, 2.24) is 4.90 Å². The first-order chi connectivity index (χ1) is 17.3. The number of carbonyl (C=O) groups is 2. The zero-order valence-electron chi connectivity index (χ0n) is 18.8. The van der Waals surface area contributed by atoms with Gasteiger partial charge < -0.3 is 9.47 Å². The SMILES string of the molecule is COc1cc(/C=C2/SC(=O)N(Cc3c(Cl)cccc3Cl)C2=O)ccc1OCc1cccc([N+](=O)[O-])c1. The van der Waals surface area contributed by atoms with Crippen LogP contribution < -0.4 is 9.47 Å². The average molecular weight is 545 g/mol. The lowest BCUT2D eigenvalue weighted by molar-refractivity contribution is -0.384. The number of amides is 2. The molecule has 184 valence electrons. The Hall–Kier alpha value is -3.53. The average Bonchev–Trinajstić information content (AvgIpc) is 3.12. The van der Waals surface area contributed by atoms with Gasteiger partial charge in [0.25, 0.3) is 16.8 Å². The van der Waals surface area contributed by atoms with Gasteiger partial charge in [0.05, 0.1) is 23.5 Å². The normalized spacial score (nSPS) is 14.4. The summed E-state index contributed by atoms with van der Waals surface area (Å²) in [5, 5.41) is 11.3. The lowest BCUT2D eigenvalue weighted by Crippen LogP contribution is -2.27. The molecule has 0 aromatic heterocycles. The zero-order valence-corrected chi connectivity index (χ0v) is 21.1. The summed E-state index contributed by atoms with van der Waals surface area (Å²) >= 11 is 13.2. The van der Waals surface area contributed by atoms with E-state index in [0.717, 1.165) is 16.7 Å². The number of hydrogen-bond acceptors (Lipinski definition) is 7. The number of ether oxygens (including phenoxy) is 2. The van der Waals surface area contributed by atoms with Crippen LogP contribution in [0.2, 0.25) is 10.0 Å². The predicted molar refractivity (Wildman–Crippen MR) is 138 cm³/mol. The van der Waals surface area contributed by atoms with Gasteiger partial charge in [0.2, 0.25) is 0 Å². The Bertz CT molecular complexity index is 1370. The van der Waals surface area contributed by atoms with Crippen molar-refractivity contribution in [1.29, 1.82) is 0 Å². The summed E-state index contributed by atoms with van der Waals surface area (Å²) in [7, 11) is 1.47. The van der Waals surface area contributed by atoms with Crippen molar-refractivity contribution in [3.8, 4) is 11.5 Å². The van der Waals surface area contributed by atoms with E-state index in [4.69, 9.17) is 32.7 Å². The second-order valence-electron chi connectivity index (χ2n) is 7.59. The van der Waals surface area contributed by atoms with Crippen molar-refractivity contribution in [3.63, 3.8) is 0 Å². The minimum Gasteiger partial charge on any atom is -0.493 e. The van der Waals surface area contributed by atoms with E-state index >= 15 is 0 Å². The first-order valence-corrected chi connectivity index (χ1v) is 12.1. The molecular weight excluding hydrogens is 527 g/mol. The fourth-order valence-electron chi connectivity index (χ4n) is 3.44. The van der Waals surface area contributed by atoms with Crippen LogP contribution in [0.25, 0.3) is 6.08 Å². The van der Waals surface area contributed by atoms with Gasteiger partial charge >= 0.3 is 0 Å². The number of non-ortho nitro benzene ring substituents is 1. The highest BCUT2D eigenvalue weighted by Gasteiger charge is 2.35. The molecule has 0 atom stereocenters. The number of imide groups is 1. The molecule has 1 aliphatic rings. The standard InChI is InChI=1S/C25H18Cl2N2O6S/c1-34-22-11-15(8-9-21(22)35-14-16-4-2-5-17(10-16)29(32)33)12-23-24(30)28(25(31)36-23)13-18-19(26)6-3-7-20(18)27/h2-12H,13-14H2,1H3/b23-12+. The van der Waals surface area contributed by atoms with Gasteiger partial charge in [-0.3, -0.25) is 24.6 Å². The molecule has 1 saturated heterocycles. The molecule has 0 saturated carbocycles. The summed E-state index contributed by atoms with van der Waals surface area (Å²) in [4.78, 5) is 37.3.